The lowest BCUT2D eigenvalue weighted by Gasteiger charge is -2.13. The van der Waals surface area contributed by atoms with Crippen molar-refractivity contribution in [1.82, 2.24) is 15.6 Å². The molecule has 0 saturated carbocycles. The second-order valence-electron chi connectivity index (χ2n) is 6.68. The molecule has 3 aromatic rings. The summed E-state index contributed by atoms with van der Waals surface area (Å²) in [4.78, 5) is 8.57. The summed E-state index contributed by atoms with van der Waals surface area (Å²) in [6.45, 7) is 3.61. The van der Waals surface area contributed by atoms with Gasteiger partial charge in [-0.25, -0.2) is 9.37 Å². The van der Waals surface area contributed by atoms with Crippen molar-refractivity contribution in [1.29, 1.82) is 0 Å². The number of halogens is 1. The molecule has 2 N–H and O–H groups in total. The van der Waals surface area contributed by atoms with Crippen LogP contribution < -0.4 is 20.1 Å². The molecule has 0 radical (unpaired) electrons. The van der Waals surface area contributed by atoms with E-state index in [1.165, 1.54) is 6.07 Å². The predicted octanol–water partition coefficient (Wildman–Crippen LogP) is 4.32. The molecule has 162 valence electrons. The van der Waals surface area contributed by atoms with Crippen LogP contribution in [0.3, 0.4) is 0 Å². The van der Waals surface area contributed by atoms with Gasteiger partial charge in [0.25, 0.3) is 0 Å². The molecule has 0 aliphatic heterocycles. The maximum Gasteiger partial charge on any atom is 0.219 e. The van der Waals surface area contributed by atoms with Crippen molar-refractivity contribution in [3.63, 3.8) is 0 Å². The number of para-hydroxylation sites is 2. The number of pyridine rings is 1. The summed E-state index contributed by atoms with van der Waals surface area (Å²) in [6.07, 6.45) is 2.32. The summed E-state index contributed by atoms with van der Waals surface area (Å²) < 4.78 is 25.1. The van der Waals surface area contributed by atoms with Crippen molar-refractivity contribution in [2.24, 2.45) is 4.99 Å². The van der Waals surface area contributed by atoms with Crippen molar-refractivity contribution in [3.8, 4) is 17.4 Å². The monoisotopic (exact) mass is 422 g/mol. The lowest BCUT2D eigenvalue weighted by molar-refractivity contribution is 0.319. The number of guanidine groups is 1. The first kappa shape index (κ1) is 22.1. The van der Waals surface area contributed by atoms with Gasteiger partial charge in [-0.05, 0) is 42.7 Å². The van der Waals surface area contributed by atoms with Gasteiger partial charge < -0.3 is 20.1 Å². The number of ether oxygens (including phenoxy) is 2. The predicted molar refractivity (Wildman–Crippen MR) is 120 cm³/mol. The van der Waals surface area contributed by atoms with E-state index in [4.69, 9.17) is 9.47 Å². The third-order valence-corrected chi connectivity index (χ3v) is 4.49. The molecule has 0 atom stereocenters. The van der Waals surface area contributed by atoms with E-state index in [1.807, 2.05) is 49.4 Å². The molecular weight excluding hydrogens is 395 g/mol. The van der Waals surface area contributed by atoms with Crippen molar-refractivity contribution < 1.29 is 13.9 Å². The van der Waals surface area contributed by atoms with Gasteiger partial charge in [0.15, 0.2) is 17.5 Å². The summed E-state index contributed by atoms with van der Waals surface area (Å²) in [5.74, 6) is 2.25. The first-order chi connectivity index (χ1) is 15.2. The van der Waals surface area contributed by atoms with Gasteiger partial charge in [0.2, 0.25) is 5.88 Å². The zero-order chi connectivity index (χ0) is 21.9. The summed E-state index contributed by atoms with van der Waals surface area (Å²) in [5.41, 5.74) is 1.65. The summed E-state index contributed by atoms with van der Waals surface area (Å²) in [6, 6.07) is 18.0. The minimum absolute atomic E-state index is 0.190. The van der Waals surface area contributed by atoms with Crippen LogP contribution in [0.25, 0.3) is 0 Å². The highest BCUT2D eigenvalue weighted by Gasteiger charge is 2.07. The second-order valence-corrected chi connectivity index (χ2v) is 6.68. The summed E-state index contributed by atoms with van der Waals surface area (Å²) in [5, 5.41) is 6.42. The zero-order valence-corrected chi connectivity index (χ0v) is 17.8. The molecule has 0 saturated heterocycles. The molecule has 0 unspecified atom stereocenters. The van der Waals surface area contributed by atoms with Crippen molar-refractivity contribution >= 4 is 5.96 Å². The van der Waals surface area contributed by atoms with Crippen LogP contribution in [0.5, 0.6) is 17.4 Å². The number of rotatable bonds is 9. The fraction of sp³-hybridized carbons (Fsp3) is 0.250. The van der Waals surface area contributed by atoms with Crippen LogP contribution in [0.1, 0.15) is 18.1 Å². The Bertz CT molecular complexity index is 993. The minimum Gasteiger partial charge on any atom is -0.490 e. The van der Waals surface area contributed by atoms with Crippen LogP contribution in [0.2, 0.25) is 0 Å². The highest BCUT2D eigenvalue weighted by atomic mass is 19.1. The Labute approximate surface area is 182 Å². The average molecular weight is 423 g/mol. The number of aromatic nitrogens is 1. The lowest BCUT2D eigenvalue weighted by Crippen LogP contribution is -2.37. The molecule has 1 aromatic heterocycles. The highest BCUT2D eigenvalue weighted by Crippen LogP contribution is 2.30. The summed E-state index contributed by atoms with van der Waals surface area (Å²) in [7, 11) is 1.70. The van der Waals surface area contributed by atoms with E-state index in [0.29, 0.717) is 55.0 Å². The third-order valence-electron chi connectivity index (χ3n) is 4.49. The van der Waals surface area contributed by atoms with E-state index in [9.17, 15) is 4.39 Å². The van der Waals surface area contributed by atoms with E-state index in [-0.39, 0.29) is 5.82 Å². The van der Waals surface area contributed by atoms with Gasteiger partial charge >= 0.3 is 0 Å². The molecule has 0 spiro atoms. The van der Waals surface area contributed by atoms with Gasteiger partial charge in [0, 0.05) is 32.4 Å². The molecule has 3 rings (SSSR count). The number of aliphatic imine (C=N–C) groups is 1. The van der Waals surface area contributed by atoms with Crippen molar-refractivity contribution in [2.75, 3.05) is 20.2 Å². The van der Waals surface area contributed by atoms with Crippen LogP contribution in [0, 0.1) is 5.82 Å². The maximum atomic E-state index is 13.7. The molecule has 2 aromatic carbocycles. The zero-order valence-electron chi connectivity index (χ0n) is 17.8. The Morgan fingerprint density at radius 1 is 1.00 bits per heavy atom. The lowest BCUT2D eigenvalue weighted by atomic mass is 10.1. The topological polar surface area (TPSA) is 67.8 Å². The molecule has 1 heterocycles. The van der Waals surface area contributed by atoms with Gasteiger partial charge in [-0.1, -0.05) is 36.4 Å². The van der Waals surface area contributed by atoms with Crippen LogP contribution in [0.15, 0.2) is 71.9 Å². The molecular formula is C24H27FN4O2. The van der Waals surface area contributed by atoms with Crippen LogP contribution in [-0.2, 0) is 13.0 Å². The van der Waals surface area contributed by atoms with Crippen molar-refractivity contribution in [3.05, 3.63) is 83.8 Å². The highest BCUT2D eigenvalue weighted by molar-refractivity contribution is 5.79. The molecule has 0 aliphatic rings. The van der Waals surface area contributed by atoms with Gasteiger partial charge in [-0.3, -0.25) is 4.99 Å². The molecule has 31 heavy (non-hydrogen) atoms. The molecule has 0 bridgehead atoms. The van der Waals surface area contributed by atoms with Gasteiger partial charge in [0.05, 0.1) is 6.61 Å². The first-order valence-corrected chi connectivity index (χ1v) is 10.2. The van der Waals surface area contributed by atoms with Gasteiger partial charge in [-0.2, -0.15) is 0 Å². The van der Waals surface area contributed by atoms with E-state index < -0.39 is 0 Å². The van der Waals surface area contributed by atoms with Gasteiger partial charge in [-0.15, -0.1) is 0 Å². The Hall–Kier alpha value is -3.61. The number of hydrogen-bond donors (Lipinski definition) is 2. The Kier molecular flexibility index (Phi) is 8.22. The Balaban J connectivity index is 1.48. The molecule has 6 nitrogen and oxygen atoms in total. The SMILES string of the molecule is CCOc1ccccc1Oc1ccc(CNC(=NC)NCCc2ccccc2F)cn1. The fourth-order valence-electron chi connectivity index (χ4n) is 2.92. The molecule has 0 fully saturated rings. The maximum absolute atomic E-state index is 13.7. The third kappa shape index (κ3) is 6.70. The van der Waals surface area contributed by atoms with E-state index in [1.54, 1.807) is 25.4 Å². The summed E-state index contributed by atoms with van der Waals surface area (Å²) >= 11 is 0. The molecule has 7 heteroatoms. The van der Waals surface area contributed by atoms with Crippen LogP contribution >= 0.6 is 0 Å². The standard InChI is InChI=1S/C24H27FN4O2/c1-3-30-21-10-6-7-11-22(21)31-23-13-12-18(16-28-23)17-29-24(26-2)27-15-14-19-8-4-5-9-20(19)25/h4-13,16H,3,14-15,17H2,1-2H3,(H2,26,27,29). The van der Waals surface area contributed by atoms with E-state index in [2.05, 4.69) is 20.6 Å². The fourth-order valence-corrected chi connectivity index (χ4v) is 2.92. The van der Waals surface area contributed by atoms with Crippen LogP contribution in [-0.4, -0.2) is 31.1 Å². The van der Waals surface area contributed by atoms with E-state index >= 15 is 0 Å². The second kappa shape index (κ2) is 11.5. The molecule has 0 aliphatic carbocycles. The van der Waals surface area contributed by atoms with Crippen molar-refractivity contribution in [2.45, 2.75) is 19.9 Å². The van der Waals surface area contributed by atoms with E-state index in [0.717, 1.165) is 5.56 Å². The smallest absolute Gasteiger partial charge is 0.219 e. The quantitative estimate of drug-likeness (QED) is 0.397. The number of benzene rings is 2. The Morgan fingerprint density at radius 3 is 2.48 bits per heavy atom. The normalized spacial score (nSPS) is 11.1. The van der Waals surface area contributed by atoms with Gasteiger partial charge in [0.1, 0.15) is 5.82 Å². The van der Waals surface area contributed by atoms with Crippen LogP contribution in [0.4, 0.5) is 4.39 Å². The number of nitrogens with zero attached hydrogens (tertiary/aromatic N) is 2. The average Bonchev–Trinajstić information content (AvgIpc) is 2.80. The molecule has 0 amide bonds. The number of nitrogens with one attached hydrogen (secondary N) is 2. The minimum atomic E-state index is -0.190. The number of hydrogen-bond acceptors (Lipinski definition) is 4. The largest absolute Gasteiger partial charge is 0.490 e. The first-order valence-electron chi connectivity index (χ1n) is 10.2. The Morgan fingerprint density at radius 2 is 1.77 bits per heavy atom.